The highest BCUT2D eigenvalue weighted by atomic mass is 16.6. The second kappa shape index (κ2) is 5.09. The smallest absolute Gasteiger partial charge is 0.293 e. The van der Waals surface area contributed by atoms with Gasteiger partial charge in [0.25, 0.3) is 5.69 Å². The lowest BCUT2D eigenvalue weighted by atomic mass is 10.1. The molecule has 1 aromatic carbocycles. The number of H-pyrrole nitrogens is 1. The van der Waals surface area contributed by atoms with Gasteiger partial charge in [0.2, 0.25) is 0 Å². The van der Waals surface area contributed by atoms with Gasteiger partial charge in [-0.2, -0.15) is 10.5 Å². The normalized spacial score (nSPS) is 11.6. The van der Waals surface area contributed by atoms with Crippen molar-refractivity contribution < 1.29 is 4.92 Å². The van der Waals surface area contributed by atoms with E-state index in [4.69, 9.17) is 5.26 Å². The molecular formula is C10H9N7O2. The minimum Gasteiger partial charge on any atom is -0.370 e. The van der Waals surface area contributed by atoms with Crippen molar-refractivity contribution in [2.24, 2.45) is 0 Å². The van der Waals surface area contributed by atoms with Crippen LogP contribution >= 0.6 is 0 Å². The third-order valence-electron chi connectivity index (χ3n) is 2.44. The van der Waals surface area contributed by atoms with Crippen molar-refractivity contribution in [2.75, 3.05) is 5.32 Å². The Kier molecular flexibility index (Phi) is 3.33. The first-order chi connectivity index (χ1) is 9.11. The van der Waals surface area contributed by atoms with Gasteiger partial charge >= 0.3 is 0 Å². The zero-order chi connectivity index (χ0) is 13.8. The molecule has 2 N–H and O–H groups in total. The number of nitriles is 1. The van der Waals surface area contributed by atoms with E-state index in [0.717, 1.165) is 0 Å². The van der Waals surface area contributed by atoms with Gasteiger partial charge in [0.1, 0.15) is 5.69 Å². The molecule has 1 unspecified atom stereocenters. The second-order valence-corrected chi connectivity index (χ2v) is 3.74. The van der Waals surface area contributed by atoms with Gasteiger partial charge in [-0.3, -0.25) is 10.1 Å². The summed E-state index contributed by atoms with van der Waals surface area (Å²) in [5, 5.41) is 35.9. The van der Waals surface area contributed by atoms with E-state index in [-0.39, 0.29) is 17.3 Å². The van der Waals surface area contributed by atoms with Crippen molar-refractivity contribution in [1.29, 1.82) is 5.26 Å². The number of nitrogens with zero attached hydrogens (tertiary/aromatic N) is 5. The molecule has 2 rings (SSSR count). The summed E-state index contributed by atoms with van der Waals surface area (Å²) < 4.78 is 0. The highest BCUT2D eigenvalue weighted by Gasteiger charge is 2.18. The van der Waals surface area contributed by atoms with Crippen molar-refractivity contribution in [2.45, 2.75) is 13.0 Å². The van der Waals surface area contributed by atoms with E-state index in [1.807, 2.05) is 6.07 Å². The summed E-state index contributed by atoms with van der Waals surface area (Å²) in [4.78, 5) is 10.4. The predicted octanol–water partition coefficient (Wildman–Crippen LogP) is 1.15. The van der Waals surface area contributed by atoms with Gasteiger partial charge in [-0.1, -0.05) is 5.21 Å². The zero-order valence-electron chi connectivity index (χ0n) is 9.86. The molecule has 0 radical (unpaired) electrons. The Morgan fingerprint density at radius 1 is 1.58 bits per heavy atom. The number of rotatable bonds is 4. The molecule has 1 heterocycles. The molecule has 0 spiro atoms. The molecule has 0 fully saturated rings. The molecule has 1 atom stereocenters. The van der Waals surface area contributed by atoms with Crippen LogP contribution in [-0.2, 0) is 0 Å². The van der Waals surface area contributed by atoms with Crippen LogP contribution in [0.2, 0.25) is 0 Å². The Morgan fingerprint density at radius 3 is 2.95 bits per heavy atom. The Hall–Kier alpha value is -3.02. The summed E-state index contributed by atoms with van der Waals surface area (Å²) in [5.74, 6) is 0.388. The highest BCUT2D eigenvalue weighted by molar-refractivity contribution is 5.64. The first kappa shape index (κ1) is 12.4. The standard InChI is InChI=1S/C10H9N7O2/c1-6(10-13-15-16-14-10)12-8-3-2-7(5-11)4-9(8)17(18)19/h2-4,6,12H,1H3,(H,13,14,15,16). The molecule has 0 bridgehead atoms. The molecule has 0 aliphatic rings. The number of hydrogen-bond acceptors (Lipinski definition) is 7. The van der Waals surface area contributed by atoms with Gasteiger partial charge in [-0.05, 0) is 19.1 Å². The molecule has 1 aromatic heterocycles. The van der Waals surface area contributed by atoms with Crippen LogP contribution in [0.4, 0.5) is 11.4 Å². The number of anilines is 1. The predicted molar refractivity (Wildman–Crippen MR) is 64.0 cm³/mol. The molecule has 96 valence electrons. The van der Waals surface area contributed by atoms with Gasteiger partial charge in [0.05, 0.1) is 22.6 Å². The lowest BCUT2D eigenvalue weighted by Crippen LogP contribution is -2.10. The number of benzene rings is 1. The van der Waals surface area contributed by atoms with Gasteiger partial charge in [-0.15, -0.1) is 10.2 Å². The number of aromatic amines is 1. The Labute approximate surface area is 107 Å². The van der Waals surface area contributed by atoms with Crippen LogP contribution in [0.5, 0.6) is 0 Å². The Morgan fingerprint density at radius 2 is 2.37 bits per heavy atom. The van der Waals surface area contributed by atoms with Crippen LogP contribution in [0.25, 0.3) is 0 Å². The van der Waals surface area contributed by atoms with Gasteiger partial charge in [0.15, 0.2) is 5.82 Å². The van der Waals surface area contributed by atoms with Crippen molar-refractivity contribution in [1.82, 2.24) is 20.6 Å². The molecule has 19 heavy (non-hydrogen) atoms. The third kappa shape index (κ3) is 2.63. The summed E-state index contributed by atoms with van der Waals surface area (Å²) in [6.45, 7) is 1.74. The van der Waals surface area contributed by atoms with Crippen LogP contribution in [0.15, 0.2) is 18.2 Å². The van der Waals surface area contributed by atoms with Crippen LogP contribution < -0.4 is 5.32 Å². The fourth-order valence-electron chi connectivity index (χ4n) is 1.53. The maximum atomic E-state index is 11.0. The molecule has 0 aliphatic carbocycles. The van der Waals surface area contributed by atoms with E-state index in [2.05, 4.69) is 25.9 Å². The molecule has 9 nitrogen and oxygen atoms in total. The summed E-state index contributed by atoms with van der Waals surface area (Å²) in [6.07, 6.45) is 0. The van der Waals surface area contributed by atoms with Crippen molar-refractivity contribution in [3.63, 3.8) is 0 Å². The van der Waals surface area contributed by atoms with Gasteiger partial charge in [0, 0.05) is 6.07 Å². The minimum atomic E-state index is -0.549. The number of aromatic nitrogens is 4. The van der Waals surface area contributed by atoms with Crippen LogP contribution in [0, 0.1) is 21.4 Å². The SMILES string of the molecule is CC(Nc1ccc(C#N)cc1[N+](=O)[O-])c1nn[nH]n1. The summed E-state index contributed by atoms with van der Waals surface area (Å²) in [5.41, 5.74) is 0.347. The lowest BCUT2D eigenvalue weighted by molar-refractivity contribution is -0.384. The summed E-state index contributed by atoms with van der Waals surface area (Å²) in [6, 6.07) is 5.69. The number of nitrogens with one attached hydrogen (secondary N) is 2. The average molecular weight is 259 g/mol. The summed E-state index contributed by atoms with van der Waals surface area (Å²) in [7, 11) is 0. The highest BCUT2D eigenvalue weighted by Crippen LogP contribution is 2.28. The van der Waals surface area contributed by atoms with Crippen molar-refractivity contribution in [3.8, 4) is 6.07 Å². The van der Waals surface area contributed by atoms with Crippen LogP contribution in [0.3, 0.4) is 0 Å². The first-order valence-corrected chi connectivity index (χ1v) is 5.30. The van der Waals surface area contributed by atoms with Gasteiger partial charge in [-0.25, -0.2) is 0 Å². The second-order valence-electron chi connectivity index (χ2n) is 3.74. The van der Waals surface area contributed by atoms with E-state index in [9.17, 15) is 10.1 Å². The number of tetrazole rings is 1. The molecule has 2 aromatic rings. The fourth-order valence-corrected chi connectivity index (χ4v) is 1.53. The quantitative estimate of drug-likeness (QED) is 0.621. The maximum absolute atomic E-state index is 11.0. The number of nitro groups is 1. The average Bonchev–Trinajstić information content (AvgIpc) is 2.92. The topological polar surface area (TPSA) is 133 Å². The largest absolute Gasteiger partial charge is 0.370 e. The molecule has 0 saturated carbocycles. The number of nitro benzene ring substituents is 1. The lowest BCUT2D eigenvalue weighted by Gasteiger charge is -2.11. The maximum Gasteiger partial charge on any atom is 0.293 e. The van der Waals surface area contributed by atoms with E-state index < -0.39 is 4.92 Å². The zero-order valence-corrected chi connectivity index (χ0v) is 9.86. The van der Waals surface area contributed by atoms with E-state index in [1.165, 1.54) is 18.2 Å². The van der Waals surface area contributed by atoms with Crippen LogP contribution in [-0.4, -0.2) is 25.5 Å². The molecular weight excluding hydrogens is 250 g/mol. The monoisotopic (exact) mass is 259 g/mol. The van der Waals surface area contributed by atoms with E-state index in [1.54, 1.807) is 6.92 Å². The minimum absolute atomic E-state index is 0.172. The Balaban J connectivity index is 2.30. The molecule has 9 heteroatoms. The fraction of sp³-hybridized carbons (Fsp3) is 0.200. The van der Waals surface area contributed by atoms with E-state index in [0.29, 0.717) is 11.5 Å². The first-order valence-electron chi connectivity index (χ1n) is 5.30. The molecule has 0 amide bonds. The van der Waals surface area contributed by atoms with E-state index >= 15 is 0 Å². The number of hydrogen-bond donors (Lipinski definition) is 2. The molecule has 0 saturated heterocycles. The summed E-state index contributed by atoms with van der Waals surface area (Å²) >= 11 is 0. The third-order valence-corrected chi connectivity index (χ3v) is 2.44. The van der Waals surface area contributed by atoms with Crippen molar-refractivity contribution in [3.05, 3.63) is 39.7 Å². The van der Waals surface area contributed by atoms with Crippen LogP contribution in [0.1, 0.15) is 24.4 Å². The Bertz CT molecular complexity index is 632. The molecule has 0 aliphatic heterocycles. The van der Waals surface area contributed by atoms with Gasteiger partial charge < -0.3 is 5.32 Å². The van der Waals surface area contributed by atoms with Crippen molar-refractivity contribution >= 4 is 11.4 Å².